The van der Waals surface area contributed by atoms with Gasteiger partial charge in [-0.1, -0.05) is 36.4 Å². The molecule has 2 rings (SSSR count). The predicted molar refractivity (Wildman–Crippen MR) is 92.0 cm³/mol. The zero-order chi connectivity index (χ0) is 15.1. The molecule has 0 saturated carbocycles. The highest BCUT2D eigenvalue weighted by Gasteiger charge is 2.02. The van der Waals surface area contributed by atoms with Crippen LogP contribution in [0, 0.1) is 13.8 Å². The van der Waals surface area contributed by atoms with Gasteiger partial charge >= 0.3 is 0 Å². The molecule has 0 amide bonds. The summed E-state index contributed by atoms with van der Waals surface area (Å²) in [6, 6.07) is 17.1. The Morgan fingerprint density at radius 2 is 1.57 bits per heavy atom. The minimum absolute atomic E-state index is 0.966. The fourth-order valence-corrected chi connectivity index (χ4v) is 2.59. The molecule has 2 aromatic rings. The fourth-order valence-electron chi connectivity index (χ4n) is 2.59. The van der Waals surface area contributed by atoms with E-state index in [-0.39, 0.29) is 0 Å². The zero-order valence-corrected chi connectivity index (χ0v) is 13.4. The average Bonchev–Trinajstić information content (AvgIpc) is 2.50. The molecule has 2 heteroatoms. The SMILES string of the molecule is Cc1cccc(C)c1CNCCCN(C)c1ccccc1. The molecule has 1 N–H and O–H groups in total. The highest BCUT2D eigenvalue weighted by Crippen LogP contribution is 2.13. The van der Waals surface area contributed by atoms with Gasteiger partial charge in [0.05, 0.1) is 0 Å². The summed E-state index contributed by atoms with van der Waals surface area (Å²) in [5.74, 6) is 0. The number of para-hydroxylation sites is 1. The molecule has 0 heterocycles. The fraction of sp³-hybridized carbons (Fsp3) is 0.368. The minimum Gasteiger partial charge on any atom is -0.375 e. The van der Waals surface area contributed by atoms with Crippen LogP contribution in [0.15, 0.2) is 48.5 Å². The molecule has 2 aromatic carbocycles. The lowest BCUT2D eigenvalue weighted by molar-refractivity contribution is 0.643. The highest BCUT2D eigenvalue weighted by molar-refractivity contribution is 5.44. The third kappa shape index (κ3) is 4.61. The van der Waals surface area contributed by atoms with Crippen molar-refractivity contribution in [2.45, 2.75) is 26.8 Å². The van der Waals surface area contributed by atoms with Crippen molar-refractivity contribution in [3.63, 3.8) is 0 Å². The van der Waals surface area contributed by atoms with E-state index in [1.807, 2.05) is 0 Å². The van der Waals surface area contributed by atoms with Crippen molar-refractivity contribution in [1.82, 2.24) is 5.32 Å². The zero-order valence-electron chi connectivity index (χ0n) is 13.4. The Hall–Kier alpha value is -1.80. The van der Waals surface area contributed by atoms with Crippen LogP contribution in [-0.2, 0) is 6.54 Å². The Kier molecular flexibility index (Phi) is 5.82. The van der Waals surface area contributed by atoms with Crippen LogP contribution in [0.2, 0.25) is 0 Å². The Bertz CT molecular complexity index is 528. The highest BCUT2D eigenvalue weighted by atomic mass is 15.1. The van der Waals surface area contributed by atoms with E-state index in [2.05, 4.69) is 79.6 Å². The monoisotopic (exact) mass is 282 g/mol. The molecule has 0 bridgehead atoms. The second-order valence-electron chi connectivity index (χ2n) is 5.66. The summed E-state index contributed by atoms with van der Waals surface area (Å²) in [6.45, 7) is 7.46. The van der Waals surface area contributed by atoms with Gasteiger partial charge in [0.25, 0.3) is 0 Å². The van der Waals surface area contributed by atoms with Crippen LogP contribution < -0.4 is 10.2 Å². The van der Waals surface area contributed by atoms with Gasteiger partial charge in [0.2, 0.25) is 0 Å². The quantitative estimate of drug-likeness (QED) is 0.774. The second-order valence-corrected chi connectivity index (χ2v) is 5.66. The molecule has 2 nitrogen and oxygen atoms in total. The summed E-state index contributed by atoms with van der Waals surface area (Å²) in [4.78, 5) is 2.31. The van der Waals surface area contributed by atoms with E-state index >= 15 is 0 Å². The summed E-state index contributed by atoms with van der Waals surface area (Å²) in [7, 11) is 2.15. The molecular weight excluding hydrogens is 256 g/mol. The number of aryl methyl sites for hydroxylation is 2. The van der Waals surface area contributed by atoms with Gasteiger partial charge in [-0.2, -0.15) is 0 Å². The first kappa shape index (κ1) is 15.6. The van der Waals surface area contributed by atoms with E-state index in [0.29, 0.717) is 0 Å². The van der Waals surface area contributed by atoms with Gasteiger partial charge in [-0.25, -0.2) is 0 Å². The number of benzene rings is 2. The molecule has 0 spiro atoms. The van der Waals surface area contributed by atoms with Gasteiger partial charge in [-0.15, -0.1) is 0 Å². The van der Waals surface area contributed by atoms with Crippen LogP contribution in [0.1, 0.15) is 23.1 Å². The number of nitrogens with one attached hydrogen (secondary N) is 1. The lowest BCUT2D eigenvalue weighted by Crippen LogP contribution is -2.24. The maximum Gasteiger partial charge on any atom is 0.0363 e. The number of hydrogen-bond acceptors (Lipinski definition) is 2. The minimum atomic E-state index is 0.966. The van der Waals surface area contributed by atoms with Gasteiger partial charge in [-0.3, -0.25) is 0 Å². The topological polar surface area (TPSA) is 15.3 Å². The van der Waals surface area contributed by atoms with Crippen LogP contribution in [-0.4, -0.2) is 20.1 Å². The van der Waals surface area contributed by atoms with E-state index < -0.39 is 0 Å². The molecule has 0 fully saturated rings. The van der Waals surface area contributed by atoms with Crippen molar-refractivity contribution >= 4 is 5.69 Å². The van der Waals surface area contributed by atoms with E-state index in [9.17, 15) is 0 Å². The molecule has 0 aliphatic rings. The van der Waals surface area contributed by atoms with Crippen molar-refractivity contribution in [3.05, 3.63) is 65.2 Å². The molecule has 0 unspecified atom stereocenters. The smallest absolute Gasteiger partial charge is 0.0363 e. The average molecular weight is 282 g/mol. The van der Waals surface area contributed by atoms with Crippen molar-refractivity contribution in [2.24, 2.45) is 0 Å². The molecule has 112 valence electrons. The number of nitrogens with zero attached hydrogens (tertiary/aromatic N) is 1. The summed E-state index contributed by atoms with van der Waals surface area (Å²) in [5.41, 5.74) is 5.48. The van der Waals surface area contributed by atoms with Crippen molar-refractivity contribution in [3.8, 4) is 0 Å². The van der Waals surface area contributed by atoms with E-state index in [1.54, 1.807) is 0 Å². The normalized spacial score (nSPS) is 10.6. The van der Waals surface area contributed by atoms with Crippen LogP contribution in [0.5, 0.6) is 0 Å². The molecule has 0 aromatic heterocycles. The molecule has 0 aliphatic carbocycles. The van der Waals surface area contributed by atoms with Crippen LogP contribution in [0.4, 0.5) is 5.69 Å². The molecule has 0 saturated heterocycles. The largest absolute Gasteiger partial charge is 0.375 e. The molecular formula is C19H26N2. The Balaban J connectivity index is 1.71. The first-order valence-corrected chi connectivity index (χ1v) is 7.70. The Morgan fingerprint density at radius 3 is 2.24 bits per heavy atom. The summed E-state index contributed by atoms with van der Waals surface area (Å²) < 4.78 is 0. The predicted octanol–water partition coefficient (Wildman–Crippen LogP) is 3.92. The standard InChI is InChI=1S/C19H26N2/c1-16-9-7-10-17(2)19(16)15-20-13-8-14-21(3)18-11-5-4-6-12-18/h4-7,9-12,20H,8,13-15H2,1-3H3. The first-order valence-electron chi connectivity index (χ1n) is 7.70. The van der Waals surface area contributed by atoms with Gasteiger partial charge in [-0.05, 0) is 55.6 Å². The number of hydrogen-bond donors (Lipinski definition) is 1. The van der Waals surface area contributed by atoms with Crippen molar-refractivity contribution in [1.29, 1.82) is 0 Å². The summed E-state index contributed by atoms with van der Waals surface area (Å²) >= 11 is 0. The van der Waals surface area contributed by atoms with Crippen molar-refractivity contribution < 1.29 is 0 Å². The van der Waals surface area contributed by atoms with E-state index in [1.165, 1.54) is 22.4 Å². The maximum atomic E-state index is 3.56. The van der Waals surface area contributed by atoms with Crippen LogP contribution in [0.25, 0.3) is 0 Å². The van der Waals surface area contributed by atoms with Gasteiger partial charge in [0, 0.05) is 25.8 Å². The molecule has 0 radical (unpaired) electrons. The third-order valence-corrected chi connectivity index (χ3v) is 3.99. The Morgan fingerprint density at radius 1 is 0.905 bits per heavy atom. The molecule has 0 atom stereocenters. The van der Waals surface area contributed by atoms with Gasteiger partial charge in [0.1, 0.15) is 0 Å². The molecule has 21 heavy (non-hydrogen) atoms. The van der Waals surface area contributed by atoms with Crippen LogP contribution in [0.3, 0.4) is 0 Å². The van der Waals surface area contributed by atoms with E-state index in [0.717, 1.165) is 26.1 Å². The lowest BCUT2D eigenvalue weighted by Gasteiger charge is -2.19. The number of anilines is 1. The van der Waals surface area contributed by atoms with Crippen LogP contribution >= 0.6 is 0 Å². The van der Waals surface area contributed by atoms with Gasteiger partial charge in [0.15, 0.2) is 0 Å². The summed E-state index contributed by atoms with van der Waals surface area (Å²) in [6.07, 6.45) is 1.15. The maximum absolute atomic E-state index is 3.56. The molecule has 0 aliphatic heterocycles. The van der Waals surface area contributed by atoms with E-state index in [4.69, 9.17) is 0 Å². The first-order chi connectivity index (χ1) is 10.2. The van der Waals surface area contributed by atoms with Gasteiger partial charge < -0.3 is 10.2 Å². The second kappa shape index (κ2) is 7.84. The van der Waals surface area contributed by atoms with Crippen molar-refractivity contribution in [2.75, 3.05) is 25.0 Å². The number of rotatable bonds is 7. The Labute approximate surface area is 128 Å². The lowest BCUT2D eigenvalue weighted by atomic mass is 10.0. The summed E-state index contributed by atoms with van der Waals surface area (Å²) in [5, 5.41) is 3.56. The third-order valence-electron chi connectivity index (χ3n) is 3.99.